The van der Waals surface area contributed by atoms with Gasteiger partial charge in [-0.15, -0.1) is 0 Å². The highest BCUT2D eigenvalue weighted by Crippen LogP contribution is 2.24. The van der Waals surface area contributed by atoms with E-state index in [1.807, 2.05) is 20.8 Å². The van der Waals surface area contributed by atoms with Gasteiger partial charge < -0.3 is 10.6 Å². The van der Waals surface area contributed by atoms with E-state index < -0.39 is 25.7 Å². The van der Waals surface area contributed by atoms with Gasteiger partial charge in [0.05, 0.1) is 9.79 Å². The number of hydrogen-bond acceptors (Lipinski definition) is 9. The third-order valence-corrected chi connectivity index (χ3v) is 5.86. The van der Waals surface area contributed by atoms with Gasteiger partial charge in [0.15, 0.2) is 0 Å². The predicted octanol–water partition coefficient (Wildman–Crippen LogP) is 3.15. The molecule has 3 aromatic rings. The maximum Gasteiger partial charge on any atom is 0.294 e. The zero-order chi connectivity index (χ0) is 23.7. The Kier molecular flexibility index (Phi) is 6.20. The molecule has 1 heterocycles. The van der Waals surface area contributed by atoms with Crippen molar-refractivity contribution in [2.24, 2.45) is 0 Å². The third-order valence-electron chi connectivity index (χ3n) is 4.12. The Hall–Kier alpha value is -3.13. The fourth-order valence-corrected chi connectivity index (χ4v) is 3.46. The molecule has 0 saturated heterocycles. The van der Waals surface area contributed by atoms with Gasteiger partial charge in [-0.2, -0.15) is 31.8 Å². The highest BCUT2D eigenvalue weighted by atomic mass is 32.2. The fraction of sp³-hybridized carbons (Fsp3) is 0.211. The van der Waals surface area contributed by atoms with Gasteiger partial charge in [0.2, 0.25) is 11.9 Å². The number of benzene rings is 2. The van der Waals surface area contributed by atoms with Crippen LogP contribution in [0, 0.1) is 0 Å². The van der Waals surface area contributed by atoms with Gasteiger partial charge in [0.25, 0.3) is 20.2 Å². The minimum Gasteiger partial charge on any atom is -0.324 e. The van der Waals surface area contributed by atoms with E-state index in [4.69, 9.17) is 9.11 Å². The highest BCUT2D eigenvalue weighted by Gasteiger charge is 2.20. The van der Waals surface area contributed by atoms with E-state index in [-0.39, 0.29) is 21.7 Å². The summed E-state index contributed by atoms with van der Waals surface area (Å²) in [5.74, 6) is 0.824. The van der Waals surface area contributed by atoms with Crippen LogP contribution in [0.3, 0.4) is 0 Å². The van der Waals surface area contributed by atoms with Crippen LogP contribution < -0.4 is 10.6 Å². The lowest BCUT2D eigenvalue weighted by molar-refractivity contribution is 0.481. The van der Waals surface area contributed by atoms with Crippen LogP contribution >= 0.6 is 0 Å². The van der Waals surface area contributed by atoms with Gasteiger partial charge in [-0.1, -0.05) is 20.8 Å². The summed E-state index contributed by atoms with van der Waals surface area (Å²) in [7, 11) is -8.61. The van der Waals surface area contributed by atoms with Crippen LogP contribution in [0.25, 0.3) is 0 Å². The van der Waals surface area contributed by atoms with Gasteiger partial charge in [-0.05, 0) is 48.5 Å². The van der Waals surface area contributed by atoms with Crippen molar-refractivity contribution >= 4 is 43.5 Å². The highest BCUT2D eigenvalue weighted by molar-refractivity contribution is 7.86. The van der Waals surface area contributed by atoms with Crippen LogP contribution in [0.5, 0.6) is 0 Å². The third kappa shape index (κ3) is 5.97. The topological polar surface area (TPSA) is 171 Å². The molecule has 0 bridgehead atoms. The summed E-state index contributed by atoms with van der Waals surface area (Å²) in [6.45, 7) is 5.74. The zero-order valence-corrected chi connectivity index (χ0v) is 18.9. The summed E-state index contributed by atoms with van der Waals surface area (Å²) in [5, 5.41) is 5.92. The van der Waals surface area contributed by atoms with E-state index in [9.17, 15) is 16.8 Å². The number of aromatic nitrogens is 3. The van der Waals surface area contributed by atoms with Gasteiger partial charge in [-0.25, -0.2) is 0 Å². The van der Waals surface area contributed by atoms with E-state index in [1.165, 1.54) is 48.5 Å². The zero-order valence-electron chi connectivity index (χ0n) is 17.3. The molecule has 0 fully saturated rings. The maximum absolute atomic E-state index is 11.2. The van der Waals surface area contributed by atoms with Gasteiger partial charge >= 0.3 is 0 Å². The monoisotopic (exact) mass is 479 g/mol. The second kappa shape index (κ2) is 8.43. The van der Waals surface area contributed by atoms with Crippen LogP contribution in [0.1, 0.15) is 26.6 Å². The molecule has 0 spiro atoms. The molecule has 0 unspecified atom stereocenters. The summed E-state index contributed by atoms with van der Waals surface area (Å²) in [6, 6.07) is 10.7. The number of hydrogen-bond donors (Lipinski definition) is 4. The SMILES string of the molecule is CC(C)(C)c1nc(Nc2ccc(S(=O)(=O)O)cc2)nc(Nc2ccc(S(=O)(=O)O)cc2)n1. The Morgan fingerprint density at radius 2 is 1.00 bits per heavy atom. The summed E-state index contributed by atoms with van der Waals surface area (Å²) < 4.78 is 63.0. The molecular weight excluding hydrogens is 458 g/mol. The molecule has 3 rings (SSSR count). The molecule has 32 heavy (non-hydrogen) atoms. The first kappa shape index (κ1) is 23.5. The largest absolute Gasteiger partial charge is 0.324 e. The van der Waals surface area contributed by atoms with Crippen molar-refractivity contribution in [3.05, 3.63) is 54.4 Å². The molecule has 13 heteroatoms. The van der Waals surface area contributed by atoms with Crippen molar-refractivity contribution in [2.45, 2.75) is 36.0 Å². The van der Waals surface area contributed by atoms with Gasteiger partial charge in [0, 0.05) is 16.8 Å². The van der Waals surface area contributed by atoms with Crippen LogP contribution in [0.2, 0.25) is 0 Å². The number of nitrogens with one attached hydrogen (secondary N) is 2. The summed E-state index contributed by atoms with van der Waals surface area (Å²) in [4.78, 5) is 12.6. The van der Waals surface area contributed by atoms with E-state index in [0.717, 1.165) is 0 Å². The van der Waals surface area contributed by atoms with E-state index in [0.29, 0.717) is 17.2 Å². The average molecular weight is 480 g/mol. The Bertz CT molecular complexity index is 1240. The molecule has 0 aliphatic heterocycles. The van der Waals surface area contributed by atoms with Crippen LogP contribution in [-0.2, 0) is 25.7 Å². The molecule has 0 aliphatic rings. The fourth-order valence-electron chi connectivity index (χ4n) is 2.50. The van der Waals surface area contributed by atoms with Crippen LogP contribution in [-0.4, -0.2) is 40.9 Å². The Morgan fingerprint density at radius 1 is 0.656 bits per heavy atom. The van der Waals surface area contributed by atoms with Crippen molar-refractivity contribution < 1.29 is 25.9 Å². The molecule has 11 nitrogen and oxygen atoms in total. The average Bonchev–Trinajstić information content (AvgIpc) is 2.66. The van der Waals surface area contributed by atoms with Gasteiger partial charge in [0.1, 0.15) is 5.82 Å². The van der Waals surface area contributed by atoms with Crippen molar-refractivity contribution in [2.75, 3.05) is 10.6 Å². The molecule has 0 aliphatic carbocycles. The summed E-state index contributed by atoms with van der Waals surface area (Å²) in [6.07, 6.45) is 0. The summed E-state index contributed by atoms with van der Waals surface area (Å²) >= 11 is 0. The molecular formula is C19H21N5O6S2. The first-order valence-electron chi connectivity index (χ1n) is 9.17. The lowest BCUT2D eigenvalue weighted by atomic mass is 9.96. The minimum atomic E-state index is -4.30. The van der Waals surface area contributed by atoms with Crippen molar-refractivity contribution in [3.63, 3.8) is 0 Å². The van der Waals surface area contributed by atoms with Crippen molar-refractivity contribution in [1.82, 2.24) is 15.0 Å². The molecule has 2 aromatic carbocycles. The molecule has 0 radical (unpaired) electrons. The van der Waals surface area contributed by atoms with Crippen LogP contribution in [0.15, 0.2) is 58.3 Å². The molecule has 170 valence electrons. The second-order valence-corrected chi connectivity index (χ2v) is 10.6. The Balaban J connectivity index is 1.91. The first-order chi connectivity index (χ1) is 14.7. The number of nitrogens with zero attached hydrogens (tertiary/aromatic N) is 3. The normalized spacial score (nSPS) is 12.4. The second-order valence-electron chi connectivity index (χ2n) is 7.81. The molecule has 4 N–H and O–H groups in total. The molecule has 1 aromatic heterocycles. The van der Waals surface area contributed by atoms with Crippen molar-refractivity contribution in [1.29, 1.82) is 0 Å². The van der Waals surface area contributed by atoms with E-state index in [1.54, 1.807) is 0 Å². The Morgan fingerprint density at radius 3 is 1.28 bits per heavy atom. The summed E-state index contributed by atoms with van der Waals surface area (Å²) in [5.41, 5.74) is 0.526. The van der Waals surface area contributed by atoms with Crippen LogP contribution in [0.4, 0.5) is 23.3 Å². The number of rotatable bonds is 6. The van der Waals surface area contributed by atoms with Crippen molar-refractivity contribution in [3.8, 4) is 0 Å². The molecule has 0 amide bonds. The standard InChI is InChI=1S/C19H21N5O6S2/c1-19(2,3)16-22-17(20-12-4-8-14(9-5-12)31(25,26)27)24-18(23-16)21-13-6-10-15(11-7-13)32(28,29)30/h4-11H,1-3H3,(H,25,26,27)(H,28,29,30)(H2,20,21,22,23,24). The smallest absolute Gasteiger partial charge is 0.294 e. The minimum absolute atomic E-state index is 0.182. The predicted molar refractivity (Wildman–Crippen MR) is 118 cm³/mol. The van der Waals surface area contributed by atoms with Gasteiger partial charge in [-0.3, -0.25) is 9.11 Å². The molecule has 0 atom stereocenters. The van der Waals surface area contributed by atoms with E-state index in [2.05, 4.69) is 25.6 Å². The Labute approximate surface area is 185 Å². The quantitative estimate of drug-likeness (QED) is 0.383. The molecule has 0 saturated carbocycles. The lowest BCUT2D eigenvalue weighted by Crippen LogP contribution is -2.19. The number of anilines is 4. The maximum atomic E-state index is 11.2. The lowest BCUT2D eigenvalue weighted by Gasteiger charge is -2.18. The first-order valence-corrected chi connectivity index (χ1v) is 12.1. The van der Waals surface area contributed by atoms with E-state index >= 15 is 0 Å².